The Bertz CT molecular complexity index is 1400. The number of ether oxygens (including phenoxy) is 1. The maximum absolute atomic E-state index is 13.5. The van der Waals surface area contributed by atoms with Crippen LogP contribution in [0, 0.1) is 0 Å². The number of hydrogen-bond acceptors (Lipinski definition) is 8. The van der Waals surface area contributed by atoms with Gasteiger partial charge in [0.25, 0.3) is 5.91 Å². The molecule has 3 heterocycles. The van der Waals surface area contributed by atoms with Crippen molar-refractivity contribution < 1.29 is 27.5 Å². The van der Waals surface area contributed by atoms with E-state index in [1.807, 2.05) is 0 Å². The third-order valence-electron chi connectivity index (χ3n) is 5.61. The highest BCUT2D eigenvalue weighted by molar-refractivity contribution is 6.22. The SMILES string of the molecule is CC(CNC(=O)/C(=C/n1cnc(-c2cc(C3CC3)nc(C(F)(F)F)c2)n1)c1cncnc1)NC(=O)OC(C)(C)C. The first-order valence-electron chi connectivity index (χ1n) is 12.5. The molecular weight excluding hydrogens is 529 g/mol. The van der Waals surface area contributed by atoms with Gasteiger partial charge in [-0.25, -0.2) is 29.4 Å². The number of halogens is 3. The second kappa shape index (κ2) is 11.4. The molecule has 0 radical (unpaired) electrons. The van der Waals surface area contributed by atoms with Gasteiger partial charge in [-0.05, 0) is 52.7 Å². The van der Waals surface area contributed by atoms with Crippen molar-refractivity contribution in [2.24, 2.45) is 0 Å². The minimum atomic E-state index is -4.61. The van der Waals surface area contributed by atoms with Crippen LogP contribution in [0.3, 0.4) is 0 Å². The van der Waals surface area contributed by atoms with Gasteiger partial charge in [0, 0.05) is 53.9 Å². The van der Waals surface area contributed by atoms with E-state index in [0.717, 1.165) is 18.9 Å². The average Bonchev–Trinajstić information content (AvgIpc) is 3.62. The molecule has 1 aliphatic rings. The van der Waals surface area contributed by atoms with Gasteiger partial charge >= 0.3 is 12.3 Å². The molecule has 11 nitrogen and oxygen atoms in total. The zero-order valence-electron chi connectivity index (χ0n) is 22.4. The van der Waals surface area contributed by atoms with Gasteiger partial charge in [0.05, 0.1) is 5.57 Å². The van der Waals surface area contributed by atoms with E-state index in [4.69, 9.17) is 4.74 Å². The van der Waals surface area contributed by atoms with Crippen LogP contribution < -0.4 is 10.6 Å². The molecule has 0 spiro atoms. The van der Waals surface area contributed by atoms with Crippen LogP contribution in [-0.2, 0) is 15.7 Å². The van der Waals surface area contributed by atoms with Gasteiger partial charge in [-0.3, -0.25) is 4.79 Å². The Morgan fingerprint density at radius 2 is 1.88 bits per heavy atom. The summed E-state index contributed by atoms with van der Waals surface area (Å²) in [6, 6.07) is 2.02. The van der Waals surface area contributed by atoms with Crippen molar-refractivity contribution in [1.82, 2.24) is 40.3 Å². The Morgan fingerprint density at radius 3 is 2.50 bits per heavy atom. The zero-order chi connectivity index (χ0) is 29.1. The first kappa shape index (κ1) is 28.6. The lowest BCUT2D eigenvalue weighted by Gasteiger charge is -2.22. The molecule has 2 amide bonds. The number of nitrogens with zero attached hydrogens (tertiary/aromatic N) is 6. The van der Waals surface area contributed by atoms with Crippen molar-refractivity contribution >= 4 is 23.8 Å². The minimum absolute atomic E-state index is 0.0105. The van der Waals surface area contributed by atoms with Crippen molar-refractivity contribution in [1.29, 1.82) is 0 Å². The molecule has 1 saturated carbocycles. The molecular formula is C26H29F3N8O3. The number of hydrogen-bond donors (Lipinski definition) is 2. The first-order valence-corrected chi connectivity index (χ1v) is 12.5. The Labute approximate surface area is 228 Å². The second-order valence-corrected chi connectivity index (χ2v) is 10.4. The number of nitrogens with one attached hydrogen (secondary N) is 2. The molecule has 2 N–H and O–H groups in total. The molecule has 1 atom stereocenters. The Balaban J connectivity index is 1.55. The van der Waals surface area contributed by atoms with Crippen molar-refractivity contribution in [3.8, 4) is 11.4 Å². The van der Waals surface area contributed by atoms with E-state index in [2.05, 4.69) is 35.7 Å². The molecule has 14 heteroatoms. The predicted octanol–water partition coefficient (Wildman–Crippen LogP) is 4.05. The van der Waals surface area contributed by atoms with Crippen LogP contribution >= 0.6 is 0 Å². The van der Waals surface area contributed by atoms with E-state index in [9.17, 15) is 22.8 Å². The fraction of sp³-hybridized carbons (Fsp3) is 0.423. The van der Waals surface area contributed by atoms with E-state index in [0.29, 0.717) is 11.3 Å². The Hall–Kier alpha value is -4.36. The zero-order valence-corrected chi connectivity index (χ0v) is 22.4. The number of aromatic nitrogens is 6. The molecule has 4 rings (SSSR count). The maximum Gasteiger partial charge on any atom is 0.433 e. The molecule has 40 heavy (non-hydrogen) atoms. The van der Waals surface area contributed by atoms with Gasteiger partial charge in [0.2, 0.25) is 0 Å². The van der Waals surface area contributed by atoms with E-state index >= 15 is 0 Å². The normalized spacial score (nSPS) is 14.9. The predicted molar refractivity (Wildman–Crippen MR) is 138 cm³/mol. The lowest BCUT2D eigenvalue weighted by molar-refractivity contribution is -0.141. The molecule has 3 aromatic rings. The van der Waals surface area contributed by atoms with Gasteiger partial charge in [0.15, 0.2) is 5.82 Å². The fourth-order valence-electron chi connectivity index (χ4n) is 3.62. The first-order chi connectivity index (χ1) is 18.8. The van der Waals surface area contributed by atoms with Crippen LogP contribution in [0.15, 0.2) is 37.2 Å². The Morgan fingerprint density at radius 1 is 1.18 bits per heavy atom. The van der Waals surface area contributed by atoms with Crippen LogP contribution in [-0.4, -0.2) is 59.9 Å². The van der Waals surface area contributed by atoms with Crippen molar-refractivity contribution in [3.63, 3.8) is 0 Å². The number of alkyl carbamates (subject to hydrolysis) is 1. The molecule has 212 valence electrons. The summed E-state index contributed by atoms with van der Waals surface area (Å²) in [5, 5.41) is 9.65. The van der Waals surface area contributed by atoms with Gasteiger partial charge in [0.1, 0.15) is 23.9 Å². The van der Waals surface area contributed by atoms with Crippen molar-refractivity contribution in [3.05, 3.63) is 54.1 Å². The highest BCUT2D eigenvalue weighted by Gasteiger charge is 2.36. The minimum Gasteiger partial charge on any atom is -0.444 e. The largest absolute Gasteiger partial charge is 0.444 e. The number of alkyl halides is 3. The van der Waals surface area contributed by atoms with Crippen LogP contribution in [0.1, 0.15) is 63.4 Å². The van der Waals surface area contributed by atoms with E-state index in [-0.39, 0.29) is 29.4 Å². The van der Waals surface area contributed by atoms with Gasteiger partial charge in [-0.15, -0.1) is 5.10 Å². The summed E-state index contributed by atoms with van der Waals surface area (Å²) in [7, 11) is 0. The molecule has 3 aromatic heterocycles. The van der Waals surface area contributed by atoms with Gasteiger partial charge in [-0.1, -0.05) is 0 Å². The number of pyridine rings is 1. The van der Waals surface area contributed by atoms with E-state index in [1.165, 1.54) is 35.9 Å². The standard InChI is InChI=1S/C26H29F3N8O3/c1-15(34-24(39)40-25(2,3)4)9-32-23(38)19(18-10-30-13-31-11-18)12-37-14-33-22(36-37)17-7-20(16-5-6-16)35-21(8-17)26(27,28)29/h7-8,10-16H,5-6,9H2,1-4H3,(H,32,38)(H,34,39)/b19-12+. The third-order valence-corrected chi connectivity index (χ3v) is 5.61. The highest BCUT2D eigenvalue weighted by Crippen LogP contribution is 2.41. The highest BCUT2D eigenvalue weighted by atomic mass is 19.4. The second-order valence-electron chi connectivity index (χ2n) is 10.4. The average molecular weight is 559 g/mol. The van der Waals surface area contributed by atoms with Crippen LogP contribution in [0.2, 0.25) is 0 Å². The van der Waals surface area contributed by atoms with Crippen molar-refractivity contribution in [2.75, 3.05) is 6.54 Å². The van der Waals surface area contributed by atoms with Gasteiger partial charge < -0.3 is 15.4 Å². The summed E-state index contributed by atoms with van der Waals surface area (Å²) in [5.74, 6) is -0.488. The van der Waals surface area contributed by atoms with E-state index in [1.54, 1.807) is 33.8 Å². The topological polar surface area (TPSA) is 137 Å². The van der Waals surface area contributed by atoms with Crippen LogP contribution in [0.25, 0.3) is 23.2 Å². The number of carbonyl (C=O) groups is 2. The van der Waals surface area contributed by atoms with Crippen LogP contribution in [0.4, 0.5) is 18.0 Å². The summed E-state index contributed by atoms with van der Waals surface area (Å²) in [6.45, 7) is 6.99. The molecule has 1 unspecified atom stereocenters. The summed E-state index contributed by atoms with van der Waals surface area (Å²) >= 11 is 0. The number of rotatable bonds is 8. The molecule has 1 fully saturated rings. The summed E-state index contributed by atoms with van der Waals surface area (Å²) < 4.78 is 46.9. The summed E-state index contributed by atoms with van der Waals surface area (Å²) in [4.78, 5) is 41.0. The fourth-order valence-corrected chi connectivity index (χ4v) is 3.62. The van der Waals surface area contributed by atoms with E-state index < -0.39 is 35.5 Å². The molecule has 0 saturated heterocycles. The molecule has 1 aliphatic carbocycles. The van der Waals surface area contributed by atoms with Crippen LogP contribution in [0.5, 0.6) is 0 Å². The number of carbonyl (C=O) groups excluding carboxylic acids is 2. The lowest BCUT2D eigenvalue weighted by atomic mass is 10.1. The lowest BCUT2D eigenvalue weighted by Crippen LogP contribution is -2.44. The molecule has 0 bridgehead atoms. The monoisotopic (exact) mass is 558 g/mol. The molecule has 0 aromatic carbocycles. The summed E-state index contributed by atoms with van der Waals surface area (Å²) in [5.41, 5.74) is -0.666. The quantitative estimate of drug-likeness (QED) is 0.395. The number of amides is 2. The smallest absolute Gasteiger partial charge is 0.433 e. The van der Waals surface area contributed by atoms with Gasteiger partial charge in [-0.2, -0.15) is 13.2 Å². The van der Waals surface area contributed by atoms with Crippen molar-refractivity contribution in [2.45, 2.75) is 64.3 Å². The maximum atomic E-state index is 13.5. The Kier molecular flexibility index (Phi) is 8.16. The molecule has 0 aliphatic heterocycles. The summed E-state index contributed by atoms with van der Waals surface area (Å²) in [6.07, 6.45) is 3.14. The third kappa shape index (κ3) is 7.83.